The Morgan fingerprint density at radius 2 is 2.00 bits per heavy atom. The van der Waals surface area contributed by atoms with Gasteiger partial charge in [-0.1, -0.05) is 29.8 Å². The molecule has 3 N–H and O–H groups in total. The number of nitro groups is 1. The third-order valence-electron chi connectivity index (χ3n) is 4.14. The number of anilines is 1. The Balaban J connectivity index is 2.02. The average Bonchev–Trinajstić information content (AvgIpc) is 2.63. The first-order chi connectivity index (χ1) is 13.3. The molecule has 10 heteroatoms. The second kappa shape index (κ2) is 7.65. The van der Waals surface area contributed by atoms with Crippen LogP contribution in [-0.4, -0.2) is 16.9 Å². The Kier molecular flexibility index (Phi) is 5.27. The van der Waals surface area contributed by atoms with Crippen molar-refractivity contribution in [3.8, 4) is 0 Å². The molecule has 0 saturated heterocycles. The van der Waals surface area contributed by atoms with E-state index in [4.69, 9.17) is 11.6 Å². The Labute approximate surface area is 163 Å². The van der Waals surface area contributed by atoms with Crippen LogP contribution in [0.25, 0.3) is 0 Å². The van der Waals surface area contributed by atoms with E-state index < -0.39 is 28.7 Å². The van der Waals surface area contributed by atoms with Crippen LogP contribution < -0.4 is 16.0 Å². The lowest BCUT2D eigenvalue weighted by atomic mass is 9.94. The van der Waals surface area contributed by atoms with Crippen LogP contribution in [0.5, 0.6) is 0 Å². The maximum absolute atomic E-state index is 13.9. The predicted molar refractivity (Wildman–Crippen MR) is 100 cm³/mol. The highest BCUT2D eigenvalue weighted by Gasteiger charge is 2.32. The number of para-hydroxylation sites is 1. The van der Waals surface area contributed by atoms with Crippen molar-refractivity contribution in [2.75, 3.05) is 5.32 Å². The zero-order valence-electron chi connectivity index (χ0n) is 14.5. The van der Waals surface area contributed by atoms with Gasteiger partial charge in [0.25, 0.3) is 11.6 Å². The summed E-state index contributed by atoms with van der Waals surface area (Å²) < 4.78 is 13.9. The zero-order chi connectivity index (χ0) is 20.4. The van der Waals surface area contributed by atoms with Crippen LogP contribution >= 0.6 is 11.6 Å². The lowest BCUT2D eigenvalue weighted by molar-refractivity contribution is -0.384. The van der Waals surface area contributed by atoms with Gasteiger partial charge in [-0.25, -0.2) is 9.18 Å². The van der Waals surface area contributed by atoms with Gasteiger partial charge in [0.15, 0.2) is 0 Å². The highest BCUT2D eigenvalue weighted by atomic mass is 35.5. The number of nitro benzene ring substituents is 1. The van der Waals surface area contributed by atoms with Crippen molar-refractivity contribution in [1.29, 1.82) is 0 Å². The molecule has 0 spiro atoms. The minimum atomic E-state index is -0.989. The van der Waals surface area contributed by atoms with Crippen LogP contribution in [0.2, 0.25) is 5.02 Å². The molecule has 2 aromatic rings. The molecule has 3 amide bonds. The van der Waals surface area contributed by atoms with E-state index in [2.05, 4.69) is 16.0 Å². The van der Waals surface area contributed by atoms with Crippen molar-refractivity contribution in [1.82, 2.24) is 10.6 Å². The van der Waals surface area contributed by atoms with E-state index >= 15 is 0 Å². The summed E-state index contributed by atoms with van der Waals surface area (Å²) in [5.74, 6) is -1.29. The van der Waals surface area contributed by atoms with E-state index in [9.17, 15) is 24.1 Å². The lowest BCUT2D eigenvalue weighted by Gasteiger charge is -2.28. The van der Waals surface area contributed by atoms with E-state index in [0.29, 0.717) is 0 Å². The number of benzene rings is 2. The van der Waals surface area contributed by atoms with E-state index in [1.807, 2.05) is 0 Å². The molecule has 0 bridgehead atoms. The number of carbonyl (C=O) groups is 2. The van der Waals surface area contributed by atoms with Crippen LogP contribution in [0.15, 0.2) is 53.7 Å². The van der Waals surface area contributed by atoms with Gasteiger partial charge in [0.2, 0.25) is 0 Å². The van der Waals surface area contributed by atoms with Gasteiger partial charge in [-0.05, 0) is 30.7 Å². The van der Waals surface area contributed by atoms with Gasteiger partial charge in [-0.15, -0.1) is 0 Å². The minimum Gasteiger partial charge on any atom is -0.327 e. The summed E-state index contributed by atoms with van der Waals surface area (Å²) in [5.41, 5.74) is 0.202. The van der Waals surface area contributed by atoms with Gasteiger partial charge >= 0.3 is 6.03 Å². The Morgan fingerprint density at radius 1 is 1.29 bits per heavy atom. The van der Waals surface area contributed by atoms with Crippen LogP contribution in [0.3, 0.4) is 0 Å². The van der Waals surface area contributed by atoms with Crippen LogP contribution in [0.1, 0.15) is 18.5 Å². The standard InChI is InChI=1S/C18H14ClFN4O4/c1-9-15(17(25)22-13-5-3-2-4-12(13)20)16(23-18(26)21-9)10-6-7-11(19)14(8-10)24(27)28/h2-8,16H,1H3,(H,22,25)(H2,21,23,26). The van der Waals surface area contributed by atoms with Crippen molar-refractivity contribution in [3.63, 3.8) is 0 Å². The van der Waals surface area contributed by atoms with Crippen molar-refractivity contribution in [3.05, 3.63) is 80.3 Å². The summed E-state index contributed by atoms with van der Waals surface area (Å²) in [7, 11) is 0. The molecule has 1 heterocycles. The maximum atomic E-state index is 13.9. The van der Waals surface area contributed by atoms with Crippen LogP contribution in [0.4, 0.5) is 20.6 Å². The minimum absolute atomic E-state index is 0.0365. The third kappa shape index (κ3) is 3.79. The number of nitrogens with zero attached hydrogens (tertiary/aromatic N) is 1. The molecule has 8 nitrogen and oxygen atoms in total. The van der Waals surface area contributed by atoms with E-state index in [0.717, 1.165) is 0 Å². The fourth-order valence-electron chi connectivity index (χ4n) is 2.85. The summed E-state index contributed by atoms with van der Waals surface area (Å²) in [6, 6.07) is 8.01. The van der Waals surface area contributed by atoms with Gasteiger partial charge in [-0.3, -0.25) is 14.9 Å². The van der Waals surface area contributed by atoms with Gasteiger partial charge < -0.3 is 16.0 Å². The lowest BCUT2D eigenvalue weighted by Crippen LogP contribution is -2.46. The van der Waals surface area contributed by atoms with Crippen LogP contribution in [-0.2, 0) is 4.79 Å². The fraction of sp³-hybridized carbons (Fsp3) is 0.111. The molecule has 0 saturated carbocycles. The molecule has 1 unspecified atom stereocenters. The Hall–Kier alpha value is -3.46. The number of hydrogen-bond acceptors (Lipinski definition) is 4. The molecule has 2 aromatic carbocycles. The molecule has 1 atom stereocenters. The number of allylic oxidation sites excluding steroid dienone is 1. The van der Waals surface area contributed by atoms with Crippen molar-refractivity contribution < 1.29 is 18.9 Å². The highest BCUT2D eigenvalue weighted by molar-refractivity contribution is 6.32. The predicted octanol–water partition coefficient (Wildman–Crippen LogP) is 3.65. The first kappa shape index (κ1) is 19.3. The molecule has 0 aliphatic carbocycles. The number of urea groups is 1. The van der Waals surface area contributed by atoms with Crippen LogP contribution in [0, 0.1) is 15.9 Å². The summed E-state index contributed by atoms with van der Waals surface area (Å²) in [4.78, 5) is 35.2. The van der Waals surface area contributed by atoms with Crippen molar-refractivity contribution in [2.45, 2.75) is 13.0 Å². The number of carbonyl (C=O) groups excluding carboxylic acids is 2. The number of amides is 3. The molecule has 28 heavy (non-hydrogen) atoms. The monoisotopic (exact) mass is 404 g/mol. The second-order valence-corrected chi connectivity index (χ2v) is 6.38. The number of rotatable bonds is 4. The van der Waals surface area contributed by atoms with E-state index in [1.54, 1.807) is 6.07 Å². The summed E-state index contributed by atoms with van der Waals surface area (Å²) >= 11 is 5.84. The molecule has 0 aromatic heterocycles. The summed E-state index contributed by atoms with van der Waals surface area (Å²) in [5, 5.41) is 18.6. The molecule has 3 rings (SSSR count). The summed E-state index contributed by atoms with van der Waals surface area (Å²) in [6.45, 7) is 1.51. The highest BCUT2D eigenvalue weighted by Crippen LogP contribution is 2.33. The maximum Gasteiger partial charge on any atom is 0.319 e. The average molecular weight is 405 g/mol. The topological polar surface area (TPSA) is 113 Å². The molecule has 0 fully saturated rings. The van der Waals surface area contributed by atoms with Crippen molar-refractivity contribution in [2.24, 2.45) is 0 Å². The zero-order valence-corrected chi connectivity index (χ0v) is 15.2. The molecule has 0 radical (unpaired) electrons. The van der Waals surface area contributed by atoms with Gasteiger partial charge in [0.05, 0.1) is 22.2 Å². The molecular formula is C18H14ClFN4O4. The summed E-state index contributed by atoms with van der Waals surface area (Å²) in [6.07, 6.45) is 0. The van der Waals surface area contributed by atoms with Gasteiger partial charge in [-0.2, -0.15) is 0 Å². The molecular weight excluding hydrogens is 391 g/mol. The normalized spacial score (nSPS) is 16.2. The third-order valence-corrected chi connectivity index (χ3v) is 4.46. The smallest absolute Gasteiger partial charge is 0.319 e. The Morgan fingerprint density at radius 3 is 2.68 bits per heavy atom. The Bertz CT molecular complexity index is 1020. The second-order valence-electron chi connectivity index (χ2n) is 5.97. The molecule has 144 valence electrons. The van der Waals surface area contributed by atoms with Crippen molar-refractivity contribution >= 4 is 34.9 Å². The molecule has 1 aliphatic rings. The largest absolute Gasteiger partial charge is 0.327 e. The van der Waals surface area contributed by atoms with Gasteiger partial charge in [0.1, 0.15) is 10.8 Å². The first-order valence-corrected chi connectivity index (χ1v) is 8.43. The van der Waals surface area contributed by atoms with Gasteiger partial charge in [0, 0.05) is 11.8 Å². The molecule has 1 aliphatic heterocycles. The fourth-order valence-corrected chi connectivity index (χ4v) is 3.03. The SMILES string of the molecule is CC1=C(C(=O)Nc2ccccc2F)C(c2ccc(Cl)c([N+](=O)[O-])c2)NC(=O)N1. The number of halogens is 2. The van der Waals surface area contributed by atoms with E-state index in [1.165, 1.54) is 43.3 Å². The van der Waals surface area contributed by atoms with E-state index in [-0.39, 0.29) is 33.2 Å². The number of hydrogen-bond donors (Lipinski definition) is 3. The quantitative estimate of drug-likeness (QED) is 0.533. The first-order valence-electron chi connectivity index (χ1n) is 8.06. The number of nitrogens with one attached hydrogen (secondary N) is 3.